The third-order valence-electron chi connectivity index (χ3n) is 6.25. The molecule has 0 amide bonds. The van der Waals surface area contributed by atoms with Crippen molar-refractivity contribution in [3.8, 4) is 0 Å². The molecule has 0 bridgehead atoms. The number of hydrogen-bond acceptors (Lipinski definition) is 2. The molecule has 0 N–H and O–H groups in total. The Bertz CT molecular complexity index is 535. The topological polar surface area (TPSA) is 21.1 Å². The van der Waals surface area contributed by atoms with Crippen molar-refractivity contribution in [1.29, 1.82) is 0 Å². The first kappa shape index (κ1) is 17.5. The molecule has 0 aromatic carbocycles. The summed E-state index contributed by atoms with van der Waals surface area (Å²) in [4.78, 5) is 2.72. The molecule has 1 aliphatic heterocycles. The van der Waals surface area contributed by atoms with Gasteiger partial charge in [-0.3, -0.25) is 9.58 Å². The van der Waals surface area contributed by atoms with Gasteiger partial charge in [0.05, 0.1) is 16.8 Å². The summed E-state index contributed by atoms with van der Waals surface area (Å²) < 4.78 is 2.28. The number of rotatable bonds is 2. The molecule has 22 heavy (non-hydrogen) atoms. The van der Waals surface area contributed by atoms with Gasteiger partial charge in [-0.15, -0.1) is 0 Å². The molecule has 0 saturated carbocycles. The SMILES string of the molecule is CC(C)C1N(C(C)C)C(C)(C)c2ccnn2C(C)(C)C1(C)C. The van der Waals surface area contributed by atoms with Crippen LogP contribution in [0.5, 0.6) is 0 Å². The highest BCUT2D eigenvalue weighted by molar-refractivity contribution is 5.21. The fraction of sp³-hybridized carbons (Fsp3) is 0.842. The van der Waals surface area contributed by atoms with E-state index in [4.69, 9.17) is 5.10 Å². The Morgan fingerprint density at radius 2 is 1.55 bits per heavy atom. The molecule has 2 rings (SSSR count). The Kier molecular flexibility index (Phi) is 4.05. The third kappa shape index (κ3) is 2.16. The highest BCUT2D eigenvalue weighted by Crippen LogP contribution is 2.51. The van der Waals surface area contributed by atoms with Gasteiger partial charge in [0.15, 0.2) is 0 Å². The van der Waals surface area contributed by atoms with E-state index >= 15 is 0 Å². The van der Waals surface area contributed by atoms with E-state index in [9.17, 15) is 0 Å². The Hall–Kier alpha value is -0.830. The molecule has 1 atom stereocenters. The van der Waals surface area contributed by atoms with Crippen molar-refractivity contribution >= 4 is 0 Å². The van der Waals surface area contributed by atoms with Crippen molar-refractivity contribution in [2.24, 2.45) is 11.3 Å². The first-order chi connectivity index (χ1) is 9.86. The largest absolute Gasteiger partial charge is 0.286 e. The maximum Gasteiger partial charge on any atom is 0.0641 e. The van der Waals surface area contributed by atoms with Crippen LogP contribution in [0.15, 0.2) is 12.3 Å². The minimum atomic E-state index is -0.0400. The monoisotopic (exact) mass is 305 g/mol. The van der Waals surface area contributed by atoms with Gasteiger partial charge in [0.1, 0.15) is 0 Å². The average molecular weight is 306 g/mol. The van der Waals surface area contributed by atoms with E-state index < -0.39 is 0 Å². The number of nitrogens with zero attached hydrogens (tertiary/aromatic N) is 3. The normalized spacial score (nSPS) is 27.0. The zero-order valence-corrected chi connectivity index (χ0v) is 16.2. The molecule has 0 saturated heterocycles. The van der Waals surface area contributed by atoms with Crippen molar-refractivity contribution in [2.75, 3.05) is 0 Å². The smallest absolute Gasteiger partial charge is 0.0641 e. The van der Waals surface area contributed by atoms with Gasteiger partial charge in [0.2, 0.25) is 0 Å². The molecular weight excluding hydrogens is 270 g/mol. The summed E-state index contributed by atoms with van der Waals surface area (Å²) in [6, 6.07) is 3.17. The molecule has 2 heterocycles. The van der Waals surface area contributed by atoms with Crippen molar-refractivity contribution < 1.29 is 0 Å². The molecular formula is C19H35N3. The Morgan fingerprint density at radius 3 is 2.00 bits per heavy atom. The quantitative estimate of drug-likeness (QED) is 0.794. The van der Waals surface area contributed by atoms with Gasteiger partial charge in [0, 0.05) is 23.7 Å². The summed E-state index contributed by atoms with van der Waals surface area (Å²) in [5.41, 5.74) is 1.34. The first-order valence-electron chi connectivity index (χ1n) is 8.70. The molecule has 3 heteroatoms. The highest BCUT2D eigenvalue weighted by Gasteiger charge is 2.56. The maximum absolute atomic E-state index is 4.74. The maximum atomic E-state index is 4.74. The minimum absolute atomic E-state index is 0.0371. The molecule has 0 spiro atoms. The molecule has 1 aromatic rings. The average Bonchev–Trinajstić information content (AvgIpc) is 2.82. The van der Waals surface area contributed by atoms with E-state index in [-0.39, 0.29) is 16.5 Å². The molecule has 1 aromatic heterocycles. The molecule has 0 radical (unpaired) electrons. The summed E-state index contributed by atoms with van der Waals surface area (Å²) in [5.74, 6) is 0.584. The summed E-state index contributed by atoms with van der Waals surface area (Å²) in [7, 11) is 0. The number of hydrogen-bond donors (Lipinski definition) is 0. The van der Waals surface area contributed by atoms with E-state index in [2.05, 4.69) is 84.9 Å². The first-order valence-corrected chi connectivity index (χ1v) is 8.70. The molecule has 3 nitrogen and oxygen atoms in total. The van der Waals surface area contributed by atoms with Gasteiger partial charge < -0.3 is 0 Å². The molecule has 0 fully saturated rings. The van der Waals surface area contributed by atoms with Crippen LogP contribution in [-0.4, -0.2) is 26.8 Å². The van der Waals surface area contributed by atoms with E-state index in [1.165, 1.54) is 5.69 Å². The molecule has 1 unspecified atom stereocenters. The van der Waals surface area contributed by atoms with Crippen molar-refractivity contribution in [3.63, 3.8) is 0 Å². The van der Waals surface area contributed by atoms with Crippen molar-refractivity contribution in [3.05, 3.63) is 18.0 Å². The second-order valence-corrected chi connectivity index (χ2v) is 9.16. The molecule has 0 aliphatic carbocycles. The summed E-state index contributed by atoms with van der Waals surface area (Å²) >= 11 is 0. The number of aromatic nitrogens is 2. The zero-order valence-electron chi connectivity index (χ0n) is 16.2. The predicted molar refractivity (Wildman–Crippen MR) is 94.0 cm³/mol. The van der Waals surface area contributed by atoms with Crippen LogP contribution in [0, 0.1) is 11.3 Å². The summed E-state index contributed by atoms with van der Waals surface area (Å²) in [5, 5.41) is 4.74. The lowest BCUT2D eigenvalue weighted by molar-refractivity contribution is -0.0642. The second-order valence-electron chi connectivity index (χ2n) is 9.16. The van der Waals surface area contributed by atoms with Crippen LogP contribution in [0.2, 0.25) is 0 Å². The standard InChI is InChI=1S/C19H35N3/c1-13(2)16-17(5,6)19(9,10)22-15(11-12-20-22)18(7,8)21(16)14(3)4/h11-14,16H,1-10H3. The van der Waals surface area contributed by atoms with E-state index in [1.807, 2.05) is 6.20 Å². The third-order valence-corrected chi connectivity index (χ3v) is 6.25. The minimum Gasteiger partial charge on any atom is -0.286 e. The Labute approximate surface area is 137 Å². The van der Waals surface area contributed by atoms with E-state index in [0.717, 1.165) is 0 Å². The van der Waals surface area contributed by atoms with E-state index in [0.29, 0.717) is 18.0 Å². The zero-order chi connectivity index (χ0) is 17.1. The lowest BCUT2D eigenvalue weighted by Gasteiger charge is -2.54. The van der Waals surface area contributed by atoms with Gasteiger partial charge in [-0.2, -0.15) is 5.10 Å². The lowest BCUT2D eigenvalue weighted by Crippen LogP contribution is -2.60. The molecule has 126 valence electrons. The fourth-order valence-corrected chi connectivity index (χ4v) is 4.80. The van der Waals surface area contributed by atoms with Crippen LogP contribution in [-0.2, 0) is 11.1 Å². The van der Waals surface area contributed by atoms with Crippen LogP contribution in [0.4, 0.5) is 0 Å². The van der Waals surface area contributed by atoms with Gasteiger partial charge in [-0.05, 0) is 53.5 Å². The van der Waals surface area contributed by atoms with Crippen LogP contribution < -0.4 is 0 Å². The van der Waals surface area contributed by atoms with Gasteiger partial charge in [-0.1, -0.05) is 27.7 Å². The van der Waals surface area contributed by atoms with Gasteiger partial charge in [-0.25, -0.2) is 0 Å². The summed E-state index contributed by atoms with van der Waals surface area (Å²) in [6.45, 7) is 23.6. The van der Waals surface area contributed by atoms with Crippen LogP contribution in [0.3, 0.4) is 0 Å². The van der Waals surface area contributed by atoms with Crippen molar-refractivity contribution in [2.45, 2.75) is 92.4 Å². The van der Waals surface area contributed by atoms with Crippen molar-refractivity contribution in [1.82, 2.24) is 14.7 Å². The molecule has 1 aliphatic rings. The predicted octanol–water partition coefficient (Wildman–Crippen LogP) is 4.63. The lowest BCUT2D eigenvalue weighted by atomic mass is 9.65. The van der Waals surface area contributed by atoms with Crippen LogP contribution in [0.1, 0.15) is 74.9 Å². The van der Waals surface area contributed by atoms with Crippen LogP contribution in [0.25, 0.3) is 0 Å². The Balaban J connectivity index is 2.82. The second kappa shape index (κ2) is 5.09. The van der Waals surface area contributed by atoms with Gasteiger partial charge in [0.25, 0.3) is 0 Å². The summed E-state index contributed by atoms with van der Waals surface area (Å²) in [6.07, 6.45) is 1.96. The van der Waals surface area contributed by atoms with Crippen LogP contribution >= 0.6 is 0 Å². The fourth-order valence-electron chi connectivity index (χ4n) is 4.80. The van der Waals surface area contributed by atoms with Gasteiger partial charge >= 0.3 is 0 Å². The Morgan fingerprint density at radius 1 is 1.00 bits per heavy atom. The van der Waals surface area contributed by atoms with E-state index in [1.54, 1.807) is 0 Å². The highest BCUT2D eigenvalue weighted by atomic mass is 15.4. The number of fused-ring (bicyclic) bond motifs is 1.